The molecule has 0 aliphatic heterocycles. The smallest absolute Gasteiger partial charge is 0.0556 e. The lowest BCUT2D eigenvalue weighted by molar-refractivity contribution is 0.164. The van der Waals surface area contributed by atoms with Gasteiger partial charge in [0.05, 0.1) is 6.61 Å². The van der Waals surface area contributed by atoms with Crippen molar-refractivity contribution in [3.05, 3.63) is 0 Å². The van der Waals surface area contributed by atoms with E-state index in [1.165, 1.54) is 5.75 Å². The van der Waals surface area contributed by atoms with Crippen molar-refractivity contribution in [3.8, 4) is 0 Å². The molecule has 0 aromatic carbocycles. The largest absolute Gasteiger partial charge is 0.381 e. The van der Waals surface area contributed by atoms with Crippen molar-refractivity contribution in [3.63, 3.8) is 0 Å². The van der Waals surface area contributed by atoms with Crippen LogP contribution in [-0.2, 0) is 4.74 Å². The molecule has 3 heteroatoms. The Balaban J connectivity index is 2.65. The van der Waals surface area contributed by atoms with Crippen molar-refractivity contribution in [2.45, 2.75) is 6.92 Å². The second kappa shape index (κ2) is 9.27. The first-order valence-corrected chi connectivity index (χ1v) is 4.87. The van der Waals surface area contributed by atoms with Crippen LogP contribution in [0.3, 0.4) is 0 Å². The zero-order chi connectivity index (χ0) is 7.66. The van der Waals surface area contributed by atoms with Crippen molar-refractivity contribution < 1.29 is 4.74 Å². The van der Waals surface area contributed by atoms with Crippen LogP contribution in [0.15, 0.2) is 0 Å². The fraction of sp³-hybridized carbons (Fsp3) is 1.00. The Kier molecular flexibility index (Phi) is 9.52. The van der Waals surface area contributed by atoms with Crippen LogP contribution in [0.25, 0.3) is 0 Å². The van der Waals surface area contributed by atoms with Gasteiger partial charge in [0.2, 0.25) is 0 Å². The minimum atomic E-state index is 0.840. The number of thioether (sulfide) groups is 1. The summed E-state index contributed by atoms with van der Waals surface area (Å²) in [5.41, 5.74) is 0. The predicted octanol–water partition coefficient (Wildman–Crippen LogP) is 0.976. The van der Waals surface area contributed by atoms with E-state index < -0.39 is 0 Å². The molecule has 0 unspecified atom stereocenters. The second-order valence-corrected chi connectivity index (χ2v) is 3.14. The van der Waals surface area contributed by atoms with Gasteiger partial charge in [-0.15, -0.1) is 0 Å². The molecule has 0 atom stereocenters. The predicted molar refractivity (Wildman–Crippen MR) is 47.7 cm³/mol. The monoisotopic (exact) mass is 163 g/mol. The molecule has 0 aliphatic carbocycles. The van der Waals surface area contributed by atoms with Crippen LogP contribution < -0.4 is 5.32 Å². The Hall–Kier alpha value is 0.270. The van der Waals surface area contributed by atoms with Crippen LogP contribution in [0.1, 0.15) is 6.92 Å². The van der Waals surface area contributed by atoms with E-state index in [2.05, 4.69) is 5.32 Å². The molecule has 0 saturated heterocycles. The fourth-order valence-electron chi connectivity index (χ4n) is 0.538. The van der Waals surface area contributed by atoms with Crippen molar-refractivity contribution in [2.24, 2.45) is 0 Å². The molecule has 0 saturated carbocycles. The van der Waals surface area contributed by atoms with Gasteiger partial charge in [0.1, 0.15) is 0 Å². The number of nitrogens with one attached hydrogen (secondary N) is 1. The van der Waals surface area contributed by atoms with Crippen LogP contribution in [0, 0.1) is 0 Å². The Morgan fingerprint density at radius 3 is 2.80 bits per heavy atom. The van der Waals surface area contributed by atoms with Gasteiger partial charge in [0.15, 0.2) is 0 Å². The topological polar surface area (TPSA) is 21.3 Å². The Bertz CT molecular complexity index is 53.6. The first kappa shape index (κ1) is 10.3. The summed E-state index contributed by atoms with van der Waals surface area (Å²) >= 11 is 1.93. The molecule has 0 radical (unpaired) electrons. The van der Waals surface area contributed by atoms with Gasteiger partial charge in [-0.2, -0.15) is 11.8 Å². The van der Waals surface area contributed by atoms with Crippen LogP contribution in [0.4, 0.5) is 0 Å². The van der Waals surface area contributed by atoms with Gasteiger partial charge in [-0.1, -0.05) is 0 Å². The normalized spacial score (nSPS) is 10.2. The number of ether oxygens (including phenoxy) is 1. The fourth-order valence-corrected chi connectivity index (χ4v) is 1.33. The highest BCUT2D eigenvalue weighted by Gasteiger charge is 1.86. The van der Waals surface area contributed by atoms with E-state index in [1.807, 2.05) is 25.7 Å². The maximum atomic E-state index is 5.17. The van der Waals surface area contributed by atoms with Crippen LogP contribution in [0.2, 0.25) is 0 Å². The van der Waals surface area contributed by atoms with Crippen LogP contribution in [0.5, 0.6) is 0 Å². The molecule has 0 aliphatic rings. The van der Waals surface area contributed by atoms with Crippen molar-refractivity contribution in [1.29, 1.82) is 0 Å². The van der Waals surface area contributed by atoms with E-state index in [4.69, 9.17) is 4.74 Å². The summed E-state index contributed by atoms with van der Waals surface area (Å²) in [6, 6.07) is 0. The number of hydrogen-bond acceptors (Lipinski definition) is 3. The SMILES string of the molecule is CCOCCSCCNC. The van der Waals surface area contributed by atoms with Crippen molar-refractivity contribution in [2.75, 3.05) is 38.3 Å². The van der Waals surface area contributed by atoms with Gasteiger partial charge < -0.3 is 10.1 Å². The molecule has 1 N–H and O–H groups in total. The zero-order valence-electron chi connectivity index (χ0n) is 6.85. The molecule has 10 heavy (non-hydrogen) atoms. The molecule has 0 heterocycles. The van der Waals surface area contributed by atoms with E-state index in [1.54, 1.807) is 0 Å². The maximum absolute atomic E-state index is 5.17. The molecule has 0 amide bonds. The third-order valence-corrected chi connectivity index (χ3v) is 2.02. The lowest BCUT2D eigenvalue weighted by atomic mass is 10.8. The van der Waals surface area contributed by atoms with Crippen molar-refractivity contribution in [1.82, 2.24) is 5.32 Å². The van der Waals surface area contributed by atoms with E-state index >= 15 is 0 Å². The molecule has 0 aromatic heterocycles. The molecular weight excluding hydrogens is 146 g/mol. The molecular formula is C7H17NOS. The number of hydrogen-bond donors (Lipinski definition) is 1. The first-order valence-electron chi connectivity index (χ1n) is 3.72. The molecule has 0 fully saturated rings. The maximum Gasteiger partial charge on any atom is 0.0556 e. The Labute approximate surface area is 67.7 Å². The lowest BCUT2D eigenvalue weighted by Crippen LogP contribution is -2.10. The molecule has 2 nitrogen and oxygen atoms in total. The third-order valence-electron chi connectivity index (χ3n) is 1.07. The Morgan fingerprint density at radius 1 is 1.40 bits per heavy atom. The van der Waals surface area contributed by atoms with E-state index in [-0.39, 0.29) is 0 Å². The summed E-state index contributed by atoms with van der Waals surface area (Å²) in [6.45, 7) is 4.85. The molecule has 0 spiro atoms. The Morgan fingerprint density at radius 2 is 2.20 bits per heavy atom. The standard InChI is InChI=1S/C7H17NOS/c1-3-9-5-7-10-6-4-8-2/h8H,3-7H2,1-2H3. The van der Waals surface area contributed by atoms with E-state index in [0.29, 0.717) is 0 Å². The lowest BCUT2D eigenvalue weighted by Gasteiger charge is -2.00. The summed E-state index contributed by atoms with van der Waals surface area (Å²) in [5.74, 6) is 2.30. The molecule has 0 bridgehead atoms. The highest BCUT2D eigenvalue weighted by molar-refractivity contribution is 7.99. The third kappa shape index (κ3) is 8.27. The summed E-state index contributed by atoms with van der Waals surface area (Å²) in [7, 11) is 1.98. The van der Waals surface area contributed by atoms with Gasteiger partial charge >= 0.3 is 0 Å². The minimum absolute atomic E-state index is 0.840. The van der Waals surface area contributed by atoms with Gasteiger partial charge in [0.25, 0.3) is 0 Å². The van der Waals surface area contributed by atoms with E-state index in [9.17, 15) is 0 Å². The number of rotatable bonds is 7. The quantitative estimate of drug-likeness (QED) is 0.565. The van der Waals surface area contributed by atoms with Crippen LogP contribution in [-0.4, -0.2) is 38.3 Å². The highest BCUT2D eigenvalue weighted by Crippen LogP contribution is 1.96. The van der Waals surface area contributed by atoms with Gasteiger partial charge in [-0.25, -0.2) is 0 Å². The summed E-state index contributed by atoms with van der Waals surface area (Å²) < 4.78 is 5.17. The summed E-state index contributed by atoms with van der Waals surface area (Å²) in [6.07, 6.45) is 0. The first-order chi connectivity index (χ1) is 4.91. The van der Waals surface area contributed by atoms with Gasteiger partial charge in [-0.05, 0) is 14.0 Å². The average Bonchev–Trinajstić information content (AvgIpc) is 1.97. The molecule has 62 valence electrons. The van der Waals surface area contributed by atoms with Crippen LogP contribution >= 0.6 is 11.8 Å². The molecule has 0 aromatic rings. The van der Waals surface area contributed by atoms with Crippen molar-refractivity contribution >= 4 is 11.8 Å². The highest BCUT2D eigenvalue weighted by atomic mass is 32.2. The second-order valence-electron chi connectivity index (χ2n) is 1.91. The average molecular weight is 163 g/mol. The zero-order valence-corrected chi connectivity index (χ0v) is 7.67. The van der Waals surface area contributed by atoms with E-state index in [0.717, 1.165) is 25.5 Å². The minimum Gasteiger partial charge on any atom is -0.381 e. The molecule has 0 rings (SSSR count). The summed E-state index contributed by atoms with van der Waals surface area (Å²) in [5, 5.41) is 3.10. The van der Waals surface area contributed by atoms with Gasteiger partial charge in [-0.3, -0.25) is 0 Å². The van der Waals surface area contributed by atoms with Gasteiger partial charge in [0, 0.05) is 24.7 Å². The summed E-state index contributed by atoms with van der Waals surface area (Å²) in [4.78, 5) is 0.